The number of hydrogen-bond acceptors (Lipinski definition) is 3. The van der Waals surface area contributed by atoms with Crippen molar-refractivity contribution in [1.29, 1.82) is 0 Å². The summed E-state index contributed by atoms with van der Waals surface area (Å²) >= 11 is 0. The number of H-pyrrole nitrogens is 1. The lowest BCUT2D eigenvalue weighted by Crippen LogP contribution is -2.67. The van der Waals surface area contributed by atoms with E-state index in [4.69, 9.17) is 4.74 Å². The lowest BCUT2D eigenvalue weighted by Gasteiger charge is -2.51. The molecule has 2 aliphatic heterocycles. The molecule has 1 fully saturated rings. The molecule has 154 valence electrons. The van der Waals surface area contributed by atoms with E-state index in [9.17, 15) is 9.59 Å². The second-order valence-electron chi connectivity index (χ2n) is 8.28. The van der Waals surface area contributed by atoms with Crippen molar-refractivity contribution >= 4 is 22.7 Å². The number of benzene rings is 2. The van der Waals surface area contributed by atoms with Gasteiger partial charge in [0.05, 0.1) is 18.8 Å². The van der Waals surface area contributed by atoms with Crippen LogP contribution >= 0.6 is 0 Å². The topological polar surface area (TPSA) is 65.6 Å². The van der Waals surface area contributed by atoms with E-state index in [1.54, 1.807) is 16.9 Å². The van der Waals surface area contributed by atoms with Crippen LogP contribution in [0.15, 0.2) is 48.5 Å². The highest BCUT2D eigenvalue weighted by Crippen LogP contribution is 2.44. The SMILES string of the molecule is COc1ccc2[nH]c3c(c2c1)CCN1C(=O)CN([C@@H](C)c2ccccc2)C(=O)[C@@]31C. The molecule has 30 heavy (non-hydrogen) atoms. The average molecular weight is 403 g/mol. The van der Waals surface area contributed by atoms with Crippen LogP contribution in [0.1, 0.15) is 36.7 Å². The molecule has 1 aromatic heterocycles. The maximum atomic E-state index is 13.9. The van der Waals surface area contributed by atoms with Crippen molar-refractivity contribution in [3.8, 4) is 5.75 Å². The van der Waals surface area contributed by atoms with E-state index >= 15 is 0 Å². The number of aromatic amines is 1. The smallest absolute Gasteiger partial charge is 0.255 e. The summed E-state index contributed by atoms with van der Waals surface area (Å²) in [4.78, 5) is 34.0. The van der Waals surface area contributed by atoms with Gasteiger partial charge in [0.2, 0.25) is 5.91 Å². The molecule has 5 rings (SSSR count). The third-order valence-electron chi connectivity index (χ3n) is 6.76. The number of methoxy groups -OCH3 is 1. The van der Waals surface area contributed by atoms with Crippen LogP contribution in [0.2, 0.25) is 0 Å². The molecule has 1 saturated heterocycles. The van der Waals surface area contributed by atoms with Crippen molar-refractivity contribution in [2.75, 3.05) is 20.2 Å². The molecule has 6 heteroatoms. The molecule has 2 amide bonds. The van der Waals surface area contributed by atoms with Crippen LogP contribution in [0.4, 0.5) is 0 Å². The molecule has 0 spiro atoms. The minimum Gasteiger partial charge on any atom is -0.497 e. The van der Waals surface area contributed by atoms with Crippen LogP contribution in [0, 0.1) is 0 Å². The number of rotatable bonds is 3. The molecular formula is C24H25N3O3. The zero-order valence-corrected chi connectivity index (χ0v) is 17.4. The first kappa shape index (κ1) is 18.7. The number of ether oxygens (including phenoxy) is 1. The number of carbonyl (C=O) groups excluding carboxylic acids is 2. The maximum absolute atomic E-state index is 13.9. The molecule has 0 saturated carbocycles. The summed E-state index contributed by atoms with van der Waals surface area (Å²) < 4.78 is 5.40. The predicted molar refractivity (Wildman–Crippen MR) is 114 cm³/mol. The van der Waals surface area contributed by atoms with Crippen molar-refractivity contribution in [2.45, 2.75) is 31.8 Å². The van der Waals surface area contributed by atoms with Gasteiger partial charge in [-0.25, -0.2) is 0 Å². The zero-order valence-electron chi connectivity index (χ0n) is 17.4. The molecule has 6 nitrogen and oxygen atoms in total. The first-order valence-corrected chi connectivity index (χ1v) is 10.3. The second-order valence-corrected chi connectivity index (χ2v) is 8.28. The maximum Gasteiger partial charge on any atom is 0.255 e. The Bertz CT molecular complexity index is 1150. The largest absolute Gasteiger partial charge is 0.497 e. The number of amides is 2. The number of nitrogens with zero attached hydrogens (tertiary/aromatic N) is 2. The summed E-state index contributed by atoms with van der Waals surface area (Å²) in [5, 5.41) is 1.05. The quantitative estimate of drug-likeness (QED) is 0.729. The molecule has 0 unspecified atom stereocenters. The van der Waals surface area contributed by atoms with E-state index in [1.807, 2.05) is 62.4 Å². The fraction of sp³-hybridized carbons (Fsp3) is 0.333. The highest BCUT2D eigenvalue weighted by Gasteiger charge is 2.54. The van der Waals surface area contributed by atoms with Gasteiger partial charge in [0.25, 0.3) is 5.91 Å². The highest BCUT2D eigenvalue weighted by molar-refractivity contribution is 6.01. The summed E-state index contributed by atoms with van der Waals surface area (Å²) in [5.74, 6) is 0.724. The molecule has 2 aliphatic rings. The Labute approximate surface area is 175 Å². The van der Waals surface area contributed by atoms with Crippen molar-refractivity contribution in [2.24, 2.45) is 0 Å². The van der Waals surface area contributed by atoms with Gasteiger partial charge in [-0.1, -0.05) is 30.3 Å². The lowest BCUT2D eigenvalue weighted by atomic mass is 9.82. The molecule has 3 aromatic rings. The van der Waals surface area contributed by atoms with E-state index in [0.29, 0.717) is 13.0 Å². The zero-order chi connectivity index (χ0) is 21.0. The number of fused-ring (bicyclic) bond motifs is 5. The molecule has 0 aliphatic carbocycles. The van der Waals surface area contributed by atoms with Crippen LogP contribution < -0.4 is 4.74 Å². The van der Waals surface area contributed by atoms with Gasteiger partial charge in [0.15, 0.2) is 5.54 Å². The number of hydrogen-bond donors (Lipinski definition) is 1. The van der Waals surface area contributed by atoms with E-state index < -0.39 is 5.54 Å². The monoisotopic (exact) mass is 403 g/mol. The molecule has 1 N–H and O–H groups in total. The molecule has 2 atom stereocenters. The summed E-state index contributed by atoms with van der Waals surface area (Å²) in [5.41, 5.74) is 2.85. The Morgan fingerprint density at radius 2 is 1.90 bits per heavy atom. The van der Waals surface area contributed by atoms with E-state index in [2.05, 4.69) is 4.98 Å². The van der Waals surface area contributed by atoms with Crippen LogP contribution in [0.3, 0.4) is 0 Å². The summed E-state index contributed by atoms with van der Waals surface area (Å²) in [6.45, 7) is 4.50. The fourth-order valence-electron chi connectivity index (χ4n) is 5.01. The third kappa shape index (κ3) is 2.49. The van der Waals surface area contributed by atoms with Crippen LogP contribution in [-0.2, 0) is 21.5 Å². The van der Waals surface area contributed by atoms with Crippen LogP contribution in [-0.4, -0.2) is 46.8 Å². The van der Waals surface area contributed by atoms with Gasteiger partial charge in [0, 0.05) is 17.4 Å². The Hall–Kier alpha value is -3.28. The van der Waals surface area contributed by atoms with Gasteiger partial charge in [-0.3, -0.25) is 9.59 Å². The lowest BCUT2D eigenvalue weighted by molar-refractivity contribution is -0.168. The predicted octanol–water partition coefficient (Wildman–Crippen LogP) is 3.38. The minimum atomic E-state index is -1.04. The average Bonchev–Trinajstić information content (AvgIpc) is 3.15. The first-order chi connectivity index (χ1) is 14.4. The van der Waals surface area contributed by atoms with Crippen LogP contribution in [0.25, 0.3) is 10.9 Å². The molecule has 0 bridgehead atoms. The van der Waals surface area contributed by atoms with Crippen molar-refractivity contribution in [3.05, 3.63) is 65.4 Å². The van der Waals surface area contributed by atoms with Gasteiger partial charge in [-0.15, -0.1) is 0 Å². The fourth-order valence-corrected chi connectivity index (χ4v) is 5.01. The molecule has 0 radical (unpaired) electrons. The Morgan fingerprint density at radius 1 is 1.13 bits per heavy atom. The summed E-state index contributed by atoms with van der Waals surface area (Å²) in [6.07, 6.45) is 0.714. The van der Waals surface area contributed by atoms with Crippen molar-refractivity contribution in [3.63, 3.8) is 0 Å². The number of aromatic nitrogens is 1. The van der Waals surface area contributed by atoms with Crippen molar-refractivity contribution < 1.29 is 14.3 Å². The Kier molecular flexibility index (Phi) is 4.13. The number of piperazine rings is 1. The third-order valence-corrected chi connectivity index (χ3v) is 6.76. The number of carbonyl (C=O) groups is 2. The number of nitrogens with one attached hydrogen (secondary N) is 1. The summed E-state index contributed by atoms with van der Waals surface area (Å²) in [7, 11) is 1.65. The second kappa shape index (κ2) is 6.62. The standard InChI is InChI=1S/C24H25N3O3/c1-15(16-7-5-4-6-8-16)26-14-21(28)27-12-11-18-19-13-17(30-3)9-10-20(19)25-22(18)24(27,2)23(26)29/h4-10,13,15,25H,11-12,14H2,1-3H3/t15-,24+/m0/s1. The highest BCUT2D eigenvalue weighted by atomic mass is 16.5. The van der Waals surface area contributed by atoms with Gasteiger partial charge in [-0.05, 0) is 49.6 Å². The van der Waals surface area contributed by atoms with Crippen LogP contribution in [0.5, 0.6) is 5.75 Å². The van der Waals surface area contributed by atoms with E-state index in [-0.39, 0.29) is 24.4 Å². The van der Waals surface area contributed by atoms with Gasteiger partial charge in [0.1, 0.15) is 12.3 Å². The normalized spacial score (nSPS) is 22.1. The molecule has 2 aromatic carbocycles. The van der Waals surface area contributed by atoms with E-state index in [1.165, 1.54) is 0 Å². The van der Waals surface area contributed by atoms with Crippen molar-refractivity contribution in [1.82, 2.24) is 14.8 Å². The molecule has 3 heterocycles. The van der Waals surface area contributed by atoms with E-state index in [0.717, 1.165) is 33.5 Å². The molecular weight excluding hydrogens is 378 g/mol. The van der Waals surface area contributed by atoms with Gasteiger partial charge >= 0.3 is 0 Å². The van der Waals surface area contributed by atoms with Gasteiger partial charge < -0.3 is 19.5 Å². The Morgan fingerprint density at radius 3 is 2.63 bits per heavy atom. The van der Waals surface area contributed by atoms with Gasteiger partial charge in [-0.2, -0.15) is 0 Å². The first-order valence-electron chi connectivity index (χ1n) is 10.3. The summed E-state index contributed by atoms with van der Waals surface area (Å²) in [6, 6.07) is 15.6. The minimum absolute atomic E-state index is 0.0123. The Balaban J connectivity index is 1.63.